The van der Waals surface area contributed by atoms with E-state index in [2.05, 4.69) is 15.2 Å². The summed E-state index contributed by atoms with van der Waals surface area (Å²) >= 11 is 1.22. The molecule has 7 heteroatoms. The van der Waals surface area contributed by atoms with Gasteiger partial charge in [0.05, 0.1) is 24.9 Å². The van der Waals surface area contributed by atoms with Crippen molar-refractivity contribution in [3.05, 3.63) is 33.3 Å². The first-order chi connectivity index (χ1) is 9.52. The Morgan fingerprint density at radius 2 is 2.20 bits per heavy atom. The molecule has 6 nitrogen and oxygen atoms in total. The third kappa shape index (κ3) is 2.88. The lowest BCUT2D eigenvalue weighted by atomic mass is 10.1. The van der Waals surface area contributed by atoms with E-state index in [0.29, 0.717) is 22.0 Å². The van der Waals surface area contributed by atoms with Crippen molar-refractivity contribution in [2.45, 2.75) is 20.3 Å². The van der Waals surface area contributed by atoms with Gasteiger partial charge in [-0.15, -0.1) is 11.3 Å². The Hall–Kier alpha value is -2.15. The molecule has 0 aliphatic carbocycles. The number of amides is 1. The zero-order valence-electron chi connectivity index (χ0n) is 11.4. The quantitative estimate of drug-likeness (QED) is 0.875. The van der Waals surface area contributed by atoms with Crippen LogP contribution in [0, 0.1) is 13.8 Å². The Bertz CT molecular complexity index is 625. The van der Waals surface area contributed by atoms with E-state index in [0.717, 1.165) is 5.56 Å². The minimum Gasteiger partial charge on any atom is -0.465 e. The molecule has 0 unspecified atom stereocenters. The first-order valence-electron chi connectivity index (χ1n) is 5.90. The summed E-state index contributed by atoms with van der Waals surface area (Å²) in [6.45, 7) is 3.54. The van der Waals surface area contributed by atoms with Crippen LogP contribution in [0.1, 0.15) is 26.7 Å². The molecule has 0 aliphatic rings. The van der Waals surface area contributed by atoms with Gasteiger partial charge >= 0.3 is 5.97 Å². The number of thiophene rings is 1. The maximum absolute atomic E-state index is 12.0. The highest BCUT2D eigenvalue weighted by Gasteiger charge is 2.18. The third-order valence-corrected chi connectivity index (χ3v) is 3.72. The average Bonchev–Trinajstić information content (AvgIpc) is 2.99. The zero-order chi connectivity index (χ0) is 14.7. The fraction of sp³-hybridized carbons (Fsp3) is 0.308. The summed E-state index contributed by atoms with van der Waals surface area (Å²) in [5, 5.41) is 8.22. The molecule has 0 saturated carbocycles. The number of rotatable bonds is 4. The largest absolute Gasteiger partial charge is 0.465 e. The van der Waals surface area contributed by atoms with Gasteiger partial charge in [0.25, 0.3) is 0 Å². The lowest BCUT2D eigenvalue weighted by Crippen LogP contribution is -2.16. The van der Waals surface area contributed by atoms with Crippen molar-refractivity contribution >= 4 is 28.9 Å². The third-order valence-electron chi connectivity index (χ3n) is 2.83. The van der Waals surface area contributed by atoms with Crippen molar-refractivity contribution in [2.75, 3.05) is 12.4 Å². The summed E-state index contributed by atoms with van der Waals surface area (Å²) in [7, 11) is 1.30. The van der Waals surface area contributed by atoms with E-state index in [1.54, 1.807) is 25.3 Å². The van der Waals surface area contributed by atoms with Gasteiger partial charge in [0.15, 0.2) is 0 Å². The van der Waals surface area contributed by atoms with Gasteiger partial charge < -0.3 is 14.6 Å². The molecule has 1 N–H and O–H groups in total. The Kier molecular flexibility index (Phi) is 4.19. The molecule has 0 fully saturated rings. The number of esters is 1. The Morgan fingerprint density at radius 3 is 2.80 bits per heavy atom. The number of carbonyl (C=O) groups is 2. The van der Waals surface area contributed by atoms with Gasteiger partial charge in [0, 0.05) is 5.56 Å². The molecule has 0 atom stereocenters. The normalized spacial score (nSPS) is 10.3. The number of nitrogens with one attached hydrogen (secondary N) is 1. The maximum Gasteiger partial charge on any atom is 0.350 e. The van der Waals surface area contributed by atoms with E-state index in [9.17, 15) is 9.59 Å². The molecule has 2 aromatic rings. The first-order valence-corrected chi connectivity index (χ1v) is 6.78. The minimum atomic E-state index is -0.465. The first kappa shape index (κ1) is 14.3. The number of methoxy groups -OCH3 is 1. The predicted molar refractivity (Wildman–Crippen MR) is 74.0 cm³/mol. The second kappa shape index (κ2) is 5.87. The highest BCUT2D eigenvalue weighted by atomic mass is 32.1. The van der Waals surface area contributed by atoms with Crippen LogP contribution >= 0.6 is 11.3 Å². The number of aromatic nitrogens is 1. The molecular weight excluding hydrogens is 280 g/mol. The second-order valence-corrected chi connectivity index (χ2v) is 5.10. The standard InChI is InChI=1S/C13H14N2O4S/c1-7-9(8(2)19-15-7)6-11(16)14-10-4-5-20-12(10)13(17)18-3/h4-5H,6H2,1-3H3,(H,14,16). The summed E-state index contributed by atoms with van der Waals surface area (Å²) in [4.78, 5) is 23.9. The fourth-order valence-corrected chi connectivity index (χ4v) is 2.53. The molecule has 106 valence electrons. The van der Waals surface area contributed by atoms with Crippen LogP contribution < -0.4 is 5.32 Å². The topological polar surface area (TPSA) is 81.4 Å². The van der Waals surface area contributed by atoms with Crippen LogP contribution in [0.25, 0.3) is 0 Å². The molecule has 0 saturated heterocycles. The molecule has 0 aromatic carbocycles. The fourth-order valence-electron chi connectivity index (χ4n) is 1.77. The molecule has 0 bridgehead atoms. The van der Waals surface area contributed by atoms with Gasteiger partial charge in [-0.25, -0.2) is 4.79 Å². The number of hydrogen-bond donors (Lipinski definition) is 1. The SMILES string of the molecule is COC(=O)c1sccc1NC(=O)Cc1c(C)noc1C. The molecule has 2 aromatic heterocycles. The van der Waals surface area contributed by atoms with Crippen molar-refractivity contribution in [3.63, 3.8) is 0 Å². The number of carbonyl (C=O) groups excluding carboxylic acids is 2. The molecule has 0 spiro atoms. The summed E-state index contributed by atoms with van der Waals surface area (Å²) in [6.07, 6.45) is 0.150. The lowest BCUT2D eigenvalue weighted by molar-refractivity contribution is -0.115. The minimum absolute atomic E-state index is 0.150. The van der Waals surface area contributed by atoms with E-state index < -0.39 is 5.97 Å². The van der Waals surface area contributed by atoms with Crippen LogP contribution in [0.2, 0.25) is 0 Å². The van der Waals surface area contributed by atoms with Crippen molar-refractivity contribution in [3.8, 4) is 0 Å². The lowest BCUT2D eigenvalue weighted by Gasteiger charge is -2.05. The van der Waals surface area contributed by atoms with Gasteiger partial charge in [0.2, 0.25) is 5.91 Å². The number of aryl methyl sites for hydroxylation is 2. The van der Waals surface area contributed by atoms with E-state index in [4.69, 9.17) is 4.52 Å². The molecule has 2 rings (SSSR count). The number of ether oxygens (including phenoxy) is 1. The Balaban J connectivity index is 2.09. The Morgan fingerprint density at radius 1 is 1.45 bits per heavy atom. The summed E-state index contributed by atoms with van der Waals surface area (Å²) in [5.74, 6) is -0.0771. The average molecular weight is 294 g/mol. The monoisotopic (exact) mass is 294 g/mol. The van der Waals surface area contributed by atoms with Gasteiger partial charge in [-0.3, -0.25) is 4.79 Å². The summed E-state index contributed by atoms with van der Waals surface area (Å²) in [6, 6.07) is 1.67. The maximum atomic E-state index is 12.0. The zero-order valence-corrected chi connectivity index (χ0v) is 12.2. The molecule has 0 radical (unpaired) electrons. The predicted octanol–water partition coefficient (Wildman–Crippen LogP) is 2.32. The van der Waals surface area contributed by atoms with Crippen LogP contribution in [-0.2, 0) is 16.0 Å². The van der Waals surface area contributed by atoms with E-state index >= 15 is 0 Å². The highest BCUT2D eigenvalue weighted by molar-refractivity contribution is 7.12. The van der Waals surface area contributed by atoms with E-state index in [1.807, 2.05) is 0 Å². The van der Waals surface area contributed by atoms with E-state index in [1.165, 1.54) is 18.4 Å². The molecule has 0 aliphatic heterocycles. The van der Waals surface area contributed by atoms with Crippen LogP contribution in [0.3, 0.4) is 0 Å². The van der Waals surface area contributed by atoms with Crippen molar-refractivity contribution in [1.82, 2.24) is 5.16 Å². The van der Waals surface area contributed by atoms with Crippen molar-refractivity contribution < 1.29 is 18.8 Å². The van der Waals surface area contributed by atoms with Gasteiger partial charge in [-0.1, -0.05) is 5.16 Å². The second-order valence-electron chi connectivity index (χ2n) is 4.18. The van der Waals surface area contributed by atoms with Gasteiger partial charge in [-0.2, -0.15) is 0 Å². The number of hydrogen-bond acceptors (Lipinski definition) is 6. The van der Waals surface area contributed by atoms with Crippen LogP contribution in [0.15, 0.2) is 16.0 Å². The van der Waals surface area contributed by atoms with E-state index in [-0.39, 0.29) is 12.3 Å². The van der Waals surface area contributed by atoms with Crippen LogP contribution in [-0.4, -0.2) is 24.1 Å². The molecular formula is C13H14N2O4S. The summed E-state index contributed by atoms with van der Waals surface area (Å²) < 4.78 is 9.66. The van der Waals surface area contributed by atoms with Crippen LogP contribution in [0.5, 0.6) is 0 Å². The number of anilines is 1. The van der Waals surface area contributed by atoms with Gasteiger partial charge in [0.1, 0.15) is 10.6 Å². The van der Waals surface area contributed by atoms with Gasteiger partial charge in [-0.05, 0) is 25.3 Å². The smallest absolute Gasteiger partial charge is 0.350 e. The van der Waals surface area contributed by atoms with Crippen LogP contribution in [0.4, 0.5) is 5.69 Å². The van der Waals surface area contributed by atoms with Crippen molar-refractivity contribution in [1.29, 1.82) is 0 Å². The molecule has 2 heterocycles. The highest BCUT2D eigenvalue weighted by Crippen LogP contribution is 2.23. The summed E-state index contributed by atoms with van der Waals surface area (Å²) in [5.41, 5.74) is 1.91. The Labute approximate surface area is 119 Å². The molecule has 1 amide bonds. The molecule has 20 heavy (non-hydrogen) atoms. The number of nitrogens with zero attached hydrogens (tertiary/aromatic N) is 1. The van der Waals surface area contributed by atoms with Crippen molar-refractivity contribution in [2.24, 2.45) is 0 Å².